The summed E-state index contributed by atoms with van der Waals surface area (Å²) < 4.78 is 23.9. The smallest absolute Gasteiger partial charge is 0.233 e. The second-order valence-corrected chi connectivity index (χ2v) is 5.76. The van der Waals surface area contributed by atoms with Gasteiger partial charge < -0.3 is 0 Å². The monoisotopic (exact) mass is 245 g/mol. The standard InChI is InChI=1S/C8H8ClN3O2S/c1-5-3-6(2)12-8(11-5)7(4-10-12)15(9,13)14/h3-4H,1-2H3. The summed E-state index contributed by atoms with van der Waals surface area (Å²) in [5.41, 5.74) is 1.80. The van der Waals surface area contributed by atoms with Crippen LogP contribution in [0.1, 0.15) is 11.4 Å². The molecule has 15 heavy (non-hydrogen) atoms. The van der Waals surface area contributed by atoms with Crippen molar-refractivity contribution in [3.63, 3.8) is 0 Å². The van der Waals surface area contributed by atoms with Crippen molar-refractivity contribution >= 4 is 25.4 Å². The molecule has 2 heterocycles. The summed E-state index contributed by atoms with van der Waals surface area (Å²) in [4.78, 5) is 4.04. The fraction of sp³-hybridized carbons (Fsp3) is 0.250. The highest BCUT2D eigenvalue weighted by Gasteiger charge is 2.18. The van der Waals surface area contributed by atoms with E-state index in [1.54, 1.807) is 6.92 Å². The molecule has 0 saturated heterocycles. The minimum Gasteiger partial charge on any atom is -0.233 e. The highest BCUT2D eigenvalue weighted by atomic mass is 35.7. The number of aromatic nitrogens is 3. The van der Waals surface area contributed by atoms with Crippen molar-refractivity contribution in [2.75, 3.05) is 0 Å². The zero-order valence-corrected chi connectivity index (χ0v) is 9.67. The van der Waals surface area contributed by atoms with Gasteiger partial charge in [-0.2, -0.15) is 5.10 Å². The van der Waals surface area contributed by atoms with Crippen LogP contribution in [0.15, 0.2) is 17.2 Å². The molecule has 0 unspecified atom stereocenters. The lowest BCUT2D eigenvalue weighted by atomic mass is 10.3. The zero-order chi connectivity index (χ0) is 11.2. The number of hydrogen-bond donors (Lipinski definition) is 0. The predicted molar refractivity (Wildman–Crippen MR) is 55.5 cm³/mol. The first-order chi connectivity index (χ1) is 6.89. The third kappa shape index (κ3) is 1.70. The maximum Gasteiger partial charge on any atom is 0.266 e. The van der Waals surface area contributed by atoms with E-state index in [2.05, 4.69) is 10.1 Å². The van der Waals surface area contributed by atoms with Gasteiger partial charge in [-0.3, -0.25) is 0 Å². The van der Waals surface area contributed by atoms with Crippen LogP contribution in [0.4, 0.5) is 0 Å². The quantitative estimate of drug-likeness (QED) is 0.710. The van der Waals surface area contributed by atoms with Crippen molar-refractivity contribution in [1.29, 1.82) is 0 Å². The Labute approximate surface area is 91.1 Å². The van der Waals surface area contributed by atoms with Crippen LogP contribution in [0, 0.1) is 13.8 Å². The molecule has 0 aromatic carbocycles. The van der Waals surface area contributed by atoms with Crippen LogP contribution in [0.5, 0.6) is 0 Å². The molecule has 0 spiro atoms. The van der Waals surface area contributed by atoms with E-state index >= 15 is 0 Å². The van der Waals surface area contributed by atoms with Gasteiger partial charge in [-0.15, -0.1) is 0 Å². The van der Waals surface area contributed by atoms with E-state index in [0.717, 1.165) is 11.4 Å². The SMILES string of the molecule is Cc1cc(C)n2ncc(S(=O)(=O)Cl)c2n1. The van der Waals surface area contributed by atoms with Crippen molar-refractivity contribution in [2.45, 2.75) is 18.7 Å². The van der Waals surface area contributed by atoms with Gasteiger partial charge in [0.15, 0.2) is 5.65 Å². The van der Waals surface area contributed by atoms with Gasteiger partial charge in [0.2, 0.25) is 0 Å². The number of nitrogens with zero attached hydrogens (tertiary/aromatic N) is 3. The van der Waals surface area contributed by atoms with E-state index in [1.807, 2.05) is 13.0 Å². The maximum atomic E-state index is 11.2. The second-order valence-electron chi connectivity index (χ2n) is 3.22. The largest absolute Gasteiger partial charge is 0.266 e. The normalized spacial score (nSPS) is 12.2. The molecule has 0 atom stereocenters. The van der Waals surface area contributed by atoms with Gasteiger partial charge in [0.25, 0.3) is 9.05 Å². The molecule has 0 saturated carbocycles. The van der Waals surface area contributed by atoms with Crippen LogP contribution >= 0.6 is 10.7 Å². The fourth-order valence-corrected chi connectivity index (χ4v) is 2.27. The van der Waals surface area contributed by atoms with Gasteiger partial charge in [0.05, 0.1) is 6.20 Å². The van der Waals surface area contributed by atoms with E-state index in [9.17, 15) is 8.42 Å². The van der Waals surface area contributed by atoms with Crippen molar-refractivity contribution in [3.8, 4) is 0 Å². The summed E-state index contributed by atoms with van der Waals surface area (Å²) >= 11 is 0. The third-order valence-electron chi connectivity index (χ3n) is 2.01. The van der Waals surface area contributed by atoms with Crippen LogP contribution in [0.3, 0.4) is 0 Å². The fourth-order valence-electron chi connectivity index (χ4n) is 1.42. The zero-order valence-electron chi connectivity index (χ0n) is 8.10. The van der Waals surface area contributed by atoms with Crippen molar-refractivity contribution in [2.24, 2.45) is 0 Å². The molecule has 0 N–H and O–H groups in total. The third-order valence-corrected chi connectivity index (χ3v) is 3.32. The maximum absolute atomic E-state index is 11.2. The Hall–Kier alpha value is -1.14. The predicted octanol–water partition coefficient (Wildman–Crippen LogP) is 1.27. The van der Waals surface area contributed by atoms with E-state index in [4.69, 9.17) is 10.7 Å². The first-order valence-corrected chi connectivity index (χ1v) is 6.47. The Kier molecular flexibility index (Phi) is 2.20. The molecule has 0 radical (unpaired) electrons. The van der Waals surface area contributed by atoms with E-state index in [-0.39, 0.29) is 10.5 Å². The Morgan fingerprint density at radius 1 is 1.40 bits per heavy atom. The molecule has 0 aliphatic heterocycles. The highest BCUT2D eigenvalue weighted by molar-refractivity contribution is 8.13. The lowest BCUT2D eigenvalue weighted by Gasteiger charge is -2.00. The molecular formula is C8H8ClN3O2S. The lowest BCUT2D eigenvalue weighted by molar-refractivity contribution is 0.610. The summed E-state index contributed by atoms with van der Waals surface area (Å²) in [5.74, 6) is 0. The Morgan fingerprint density at radius 3 is 2.67 bits per heavy atom. The average Bonchev–Trinajstić information content (AvgIpc) is 2.45. The van der Waals surface area contributed by atoms with Crippen molar-refractivity contribution < 1.29 is 8.42 Å². The molecule has 0 aliphatic rings. The molecule has 0 amide bonds. The number of hydrogen-bond acceptors (Lipinski definition) is 4. The second kappa shape index (κ2) is 3.18. The molecule has 0 bridgehead atoms. The molecule has 2 aromatic heterocycles. The molecule has 2 rings (SSSR count). The number of halogens is 1. The van der Waals surface area contributed by atoms with Crippen LogP contribution in [-0.4, -0.2) is 23.0 Å². The summed E-state index contributed by atoms with van der Waals surface area (Å²) in [6.07, 6.45) is 1.21. The number of rotatable bonds is 1. The van der Waals surface area contributed by atoms with Gasteiger partial charge in [0.1, 0.15) is 4.90 Å². The van der Waals surface area contributed by atoms with Crippen LogP contribution in [-0.2, 0) is 9.05 Å². The number of fused-ring (bicyclic) bond motifs is 1. The van der Waals surface area contributed by atoms with Crippen LogP contribution in [0.25, 0.3) is 5.65 Å². The molecule has 5 nitrogen and oxygen atoms in total. The molecule has 2 aromatic rings. The molecule has 7 heteroatoms. The van der Waals surface area contributed by atoms with Gasteiger partial charge in [-0.05, 0) is 19.9 Å². The van der Waals surface area contributed by atoms with Gasteiger partial charge in [0, 0.05) is 22.1 Å². The van der Waals surface area contributed by atoms with Gasteiger partial charge in [-0.1, -0.05) is 0 Å². The lowest BCUT2D eigenvalue weighted by Crippen LogP contribution is -1.99. The summed E-state index contributed by atoms with van der Waals surface area (Å²) in [6.45, 7) is 3.60. The molecule has 0 aliphatic carbocycles. The minimum absolute atomic E-state index is 0.0593. The van der Waals surface area contributed by atoms with Crippen molar-refractivity contribution in [1.82, 2.24) is 14.6 Å². The highest BCUT2D eigenvalue weighted by Crippen LogP contribution is 2.20. The average molecular weight is 246 g/mol. The van der Waals surface area contributed by atoms with E-state index in [1.165, 1.54) is 10.7 Å². The van der Waals surface area contributed by atoms with Crippen LogP contribution in [0.2, 0.25) is 0 Å². The summed E-state index contributed by atoms with van der Waals surface area (Å²) in [6, 6.07) is 1.81. The van der Waals surface area contributed by atoms with Gasteiger partial charge >= 0.3 is 0 Å². The number of aryl methyl sites for hydroxylation is 2. The van der Waals surface area contributed by atoms with Crippen molar-refractivity contribution in [3.05, 3.63) is 23.7 Å². The Bertz CT molecular complexity index is 633. The van der Waals surface area contributed by atoms with Crippen LogP contribution < -0.4 is 0 Å². The molecule has 80 valence electrons. The first-order valence-electron chi connectivity index (χ1n) is 4.16. The van der Waals surface area contributed by atoms with E-state index in [0.29, 0.717) is 0 Å². The Balaban J connectivity index is 2.92. The molecular weight excluding hydrogens is 238 g/mol. The summed E-state index contributed by atoms with van der Waals surface area (Å²) in [7, 11) is 1.47. The van der Waals surface area contributed by atoms with E-state index < -0.39 is 9.05 Å². The molecule has 0 fully saturated rings. The summed E-state index contributed by atoms with van der Waals surface area (Å²) in [5, 5.41) is 3.92. The topological polar surface area (TPSA) is 64.3 Å². The van der Waals surface area contributed by atoms with Gasteiger partial charge in [-0.25, -0.2) is 17.9 Å². The minimum atomic E-state index is -3.79. The Morgan fingerprint density at radius 2 is 2.07 bits per heavy atom. The first kappa shape index (κ1) is 10.4.